The Morgan fingerprint density at radius 3 is 1.00 bits per heavy atom. The molecule has 0 fully saturated rings. The van der Waals surface area contributed by atoms with Crippen LogP contribution in [0.25, 0.3) is 0 Å². The van der Waals surface area contributed by atoms with Crippen molar-refractivity contribution in [2.45, 2.75) is 39.3 Å². The molecule has 0 N–H and O–H groups in total. The summed E-state index contributed by atoms with van der Waals surface area (Å²) in [6.45, 7) is 12.7. The summed E-state index contributed by atoms with van der Waals surface area (Å²) in [5, 5.41) is 2.65. The summed E-state index contributed by atoms with van der Waals surface area (Å²) >= 11 is 0. The summed E-state index contributed by atoms with van der Waals surface area (Å²) in [7, 11) is -5.59. The number of hydrogen-bond donors (Lipinski definition) is 0. The van der Waals surface area contributed by atoms with E-state index in [4.69, 9.17) is 26.6 Å². The van der Waals surface area contributed by atoms with E-state index in [0.717, 1.165) is 16.1 Å². The molecule has 0 radical (unpaired) electrons. The summed E-state index contributed by atoms with van der Waals surface area (Å²) in [6, 6.07) is 0. The average molecular weight is 471 g/mol. The highest BCUT2D eigenvalue weighted by atomic mass is 28.3. The van der Waals surface area contributed by atoms with Crippen molar-refractivity contribution < 1.29 is 26.6 Å². The monoisotopic (exact) mass is 470 g/mol. The van der Waals surface area contributed by atoms with E-state index in [0.29, 0.717) is 0 Å². The molecule has 0 aliphatic rings. The molecule has 0 aromatic carbocycles. The summed E-state index contributed by atoms with van der Waals surface area (Å²) in [5.41, 5.74) is 0. The minimum Gasteiger partial charge on any atom is -0.553 e. The van der Waals surface area contributed by atoms with E-state index in [1.807, 2.05) is 0 Å². The minimum absolute atomic E-state index is 0.552. The molecular formula is C12H34O6Si7. The predicted octanol–water partition coefficient (Wildman–Crippen LogP) is -1.75. The Bertz CT molecular complexity index is 370. The molecule has 0 bridgehead atoms. The van der Waals surface area contributed by atoms with Gasteiger partial charge >= 0.3 is 0 Å². The van der Waals surface area contributed by atoms with Crippen LogP contribution in [0.4, 0.5) is 0 Å². The van der Waals surface area contributed by atoms with Crippen LogP contribution in [0.15, 0.2) is 34.9 Å². The van der Waals surface area contributed by atoms with Gasteiger partial charge in [-0.1, -0.05) is 0 Å². The molecule has 13 heteroatoms. The van der Waals surface area contributed by atoms with Gasteiger partial charge in [-0.2, -0.15) is 0 Å². The molecule has 0 amide bonds. The van der Waals surface area contributed by atoms with Gasteiger partial charge in [0.2, 0.25) is 58.6 Å². The molecule has 146 valence electrons. The van der Waals surface area contributed by atoms with E-state index in [2.05, 4.69) is 39.3 Å². The lowest BCUT2D eigenvalue weighted by molar-refractivity contribution is 0.400. The molecule has 0 rings (SSSR count). The number of rotatable bonds is 15. The Morgan fingerprint density at radius 2 is 0.800 bits per heavy atom. The second-order valence-corrected chi connectivity index (χ2v) is 12.6. The Balaban J connectivity index is 6.01. The summed E-state index contributed by atoms with van der Waals surface area (Å²) in [4.78, 5) is 0. The van der Waals surface area contributed by atoms with Gasteiger partial charge < -0.3 is 26.6 Å². The molecule has 0 aliphatic carbocycles. The second-order valence-electron chi connectivity index (χ2n) is 4.66. The lowest BCUT2D eigenvalue weighted by atomic mass is 11.0. The maximum atomic E-state index is 6.08. The zero-order chi connectivity index (χ0) is 18.9. The van der Waals surface area contributed by atoms with E-state index in [1.54, 1.807) is 18.8 Å². The van der Waals surface area contributed by atoms with Gasteiger partial charge in [-0.05, 0) is 39.3 Å². The maximum absolute atomic E-state index is 6.08. The van der Waals surface area contributed by atoms with Crippen molar-refractivity contribution in [3.8, 4) is 0 Å². The largest absolute Gasteiger partial charge is 0.553 e. The van der Waals surface area contributed by atoms with Crippen LogP contribution in [0.1, 0.15) is 0 Å². The predicted molar refractivity (Wildman–Crippen MR) is 124 cm³/mol. The Hall–Kier alpha value is -0.462. The molecular weight excluding hydrogens is 437 g/mol. The van der Waals surface area contributed by atoms with Gasteiger partial charge in [0.05, 0.1) is 18.8 Å². The van der Waals surface area contributed by atoms with E-state index < -0.39 is 67.4 Å². The van der Waals surface area contributed by atoms with E-state index in [-0.39, 0.29) is 0 Å². The van der Waals surface area contributed by atoms with Crippen LogP contribution in [-0.2, 0) is 26.6 Å². The third kappa shape index (κ3) is 10.3. The lowest BCUT2D eigenvalue weighted by Gasteiger charge is -2.25. The van der Waals surface area contributed by atoms with Crippen molar-refractivity contribution in [3.05, 3.63) is 34.9 Å². The maximum Gasteiger partial charge on any atom is 0.266 e. The van der Waals surface area contributed by atoms with Gasteiger partial charge in [-0.3, -0.25) is 0 Å². The van der Waals surface area contributed by atoms with Crippen molar-refractivity contribution in [1.82, 2.24) is 0 Å². The molecule has 0 atom stereocenters. The van der Waals surface area contributed by atoms with Gasteiger partial charge in [-0.25, -0.2) is 0 Å². The van der Waals surface area contributed by atoms with Crippen LogP contribution in [0.5, 0.6) is 0 Å². The molecule has 0 unspecified atom stereocenters. The Labute approximate surface area is 168 Å². The van der Waals surface area contributed by atoms with E-state index in [1.165, 1.54) is 0 Å². The molecule has 0 spiro atoms. The second kappa shape index (κ2) is 17.0. The number of hydrogen-bond acceptors (Lipinski definition) is 6. The van der Waals surface area contributed by atoms with Crippen molar-refractivity contribution in [2.24, 2.45) is 0 Å². The quantitative estimate of drug-likeness (QED) is 0.209. The first kappa shape index (κ1) is 24.5. The van der Waals surface area contributed by atoms with Gasteiger partial charge in [0, 0.05) is 0 Å². The Kier molecular flexibility index (Phi) is 16.7. The van der Waals surface area contributed by atoms with Gasteiger partial charge in [0.25, 0.3) is 8.80 Å². The molecule has 25 heavy (non-hydrogen) atoms. The van der Waals surface area contributed by atoms with Gasteiger partial charge in [0.1, 0.15) is 16.1 Å². The van der Waals surface area contributed by atoms with E-state index in [9.17, 15) is 0 Å². The summed E-state index contributed by atoms with van der Waals surface area (Å²) < 4.78 is 35.3. The van der Waals surface area contributed by atoms with Gasteiger partial charge in [-0.15, -0.1) is 0 Å². The van der Waals surface area contributed by atoms with Crippen molar-refractivity contribution >= 4 is 67.4 Å². The first-order valence-electron chi connectivity index (χ1n) is 9.03. The van der Waals surface area contributed by atoms with Crippen molar-refractivity contribution in [3.63, 3.8) is 0 Å². The molecule has 0 aromatic rings. The summed E-state index contributed by atoms with van der Waals surface area (Å²) in [5.74, 6) is 0. The Morgan fingerprint density at radius 1 is 0.520 bits per heavy atom. The van der Waals surface area contributed by atoms with Gasteiger partial charge in [0.15, 0.2) is 0 Å². The minimum atomic E-state index is -2.01. The molecule has 6 nitrogen and oxygen atoms in total. The molecule has 0 aromatic heterocycles. The normalized spacial score (nSPS) is 16.8. The first-order chi connectivity index (χ1) is 12.2. The standard InChI is InChI=1S/C12H34O6Si7/c1-19-13-7-10(16-22-4)25(11(17-23-5)8-14-20-2)12(18-24-6)9-15-21-3/h7-9,25H,19-24H2,1-6H3. The fourth-order valence-electron chi connectivity index (χ4n) is 1.97. The highest BCUT2D eigenvalue weighted by molar-refractivity contribution is 6.80. The van der Waals surface area contributed by atoms with E-state index >= 15 is 0 Å². The zero-order valence-corrected chi connectivity index (χ0v) is 26.1. The highest BCUT2D eigenvalue weighted by Crippen LogP contribution is 2.22. The van der Waals surface area contributed by atoms with Crippen LogP contribution < -0.4 is 0 Å². The molecule has 0 heterocycles. The third-order valence-electron chi connectivity index (χ3n) is 2.89. The summed E-state index contributed by atoms with van der Waals surface area (Å²) in [6.07, 6.45) is 5.40. The highest BCUT2D eigenvalue weighted by Gasteiger charge is 2.31. The van der Waals surface area contributed by atoms with Crippen molar-refractivity contribution in [2.75, 3.05) is 0 Å². The third-order valence-corrected chi connectivity index (χ3v) is 9.87. The molecule has 0 saturated heterocycles. The topological polar surface area (TPSA) is 55.4 Å². The molecule has 0 saturated carbocycles. The van der Waals surface area contributed by atoms with Crippen LogP contribution in [-0.4, -0.2) is 67.4 Å². The SMILES string of the molecule is C[SiH2]OC=C(O[SiH2]C)[SiH](C(=CO[SiH2]C)O[SiH2]C)C(=CO[SiH2]C)O[SiH2]C. The molecule has 0 aliphatic heterocycles. The van der Waals surface area contributed by atoms with Crippen LogP contribution in [0.3, 0.4) is 0 Å². The fraction of sp³-hybridized carbons (Fsp3) is 0.500. The smallest absolute Gasteiger partial charge is 0.266 e. The van der Waals surface area contributed by atoms with Crippen LogP contribution in [0.2, 0.25) is 39.3 Å². The van der Waals surface area contributed by atoms with Crippen molar-refractivity contribution in [1.29, 1.82) is 0 Å². The van der Waals surface area contributed by atoms with Crippen LogP contribution >= 0.6 is 0 Å². The van der Waals surface area contributed by atoms with Crippen LogP contribution in [0, 0.1) is 0 Å². The average Bonchev–Trinajstić information content (AvgIpc) is 2.62. The fourth-order valence-corrected chi connectivity index (χ4v) is 9.79. The first-order valence-corrected chi connectivity index (χ1v) is 22.7. The lowest BCUT2D eigenvalue weighted by Crippen LogP contribution is -2.31. The zero-order valence-electron chi connectivity index (χ0n) is 16.5.